The minimum absolute atomic E-state index is 0.0626. The number of hydrogen-bond acceptors (Lipinski definition) is 6. The maximum absolute atomic E-state index is 12.3. The Hall–Kier alpha value is -4.10. The number of hydrogen-bond donors (Lipinski definition) is 0. The predicted octanol–water partition coefficient (Wildman–Crippen LogP) is 2.05. The summed E-state index contributed by atoms with van der Waals surface area (Å²) in [5.74, 6) is 0. The Morgan fingerprint density at radius 1 is 0.960 bits per heavy atom. The molecular formula is C18H8N6O. The van der Waals surface area contributed by atoms with Crippen molar-refractivity contribution in [3.05, 3.63) is 70.3 Å². The Labute approximate surface area is 141 Å². The highest BCUT2D eigenvalue weighted by Gasteiger charge is 2.20. The Morgan fingerprint density at radius 2 is 1.76 bits per heavy atom. The van der Waals surface area contributed by atoms with Gasteiger partial charge in [-0.05, 0) is 17.7 Å². The molecule has 4 rings (SSSR count). The maximum Gasteiger partial charge on any atom is 0.282 e. The minimum atomic E-state index is -0.495. The van der Waals surface area contributed by atoms with E-state index in [9.17, 15) is 15.3 Å². The van der Waals surface area contributed by atoms with Crippen LogP contribution in [0.2, 0.25) is 0 Å². The van der Waals surface area contributed by atoms with Crippen molar-refractivity contribution in [3.63, 3.8) is 0 Å². The van der Waals surface area contributed by atoms with Crippen molar-refractivity contribution in [1.29, 1.82) is 10.5 Å². The van der Waals surface area contributed by atoms with Crippen LogP contribution in [0.15, 0.2) is 53.5 Å². The van der Waals surface area contributed by atoms with E-state index in [0.29, 0.717) is 11.1 Å². The van der Waals surface area contributed by atoms with Crippen LogP contribution in [0.4, 0.5) is 0 Å². The third-order valence-electron chi connectivity index (χ3n) is 3.82. The van der Waals surface area contributed by atoms with Gasteiger partial charge in [0.25, 0.3) is 5.56 Å². The Bertz CT molecular complexity index is 1280. The van der Waals surface area contributed by atoms with Gasteiger partial charge in [-0.2, -0.15) is 25.1 Å². The molecule has 7 nitrogen and oxygen atoms in total. The zero-order chi connectivity index (χ0) is 17.4. The average molecular weight is 324 g/mol. The molecule has 0 fully saturated rings. The van der Waals surface area contributed by atoms with Crippen molar-refractivity contribution in [2.24, 2.45) is 0 Å². The van der Waals surface area contributed by atoms with Crippen LogP contribution in [0.1, 0.15) is 11.3 Å². The highest BCUT2D eigenvalue weighted by atomic mass is 16.1. The number of aromatic nitrogens is 4. The van der Waals surface area contributed by atoms with Crippen LogP contribution in [0.25, 0.3) is 27.8 Å². The van der Waals surface area contributed by atoms with E-state index in [2.05, 4.69) is 21.1 Å². The molecule has 0 aliphatic heterocycles. The molecular weight excluding hydrogens is 316 g/mol. The normalized spacial score (nSPS) is 10.5. The number of fused-ring (bicyclic) bond motifs is 3. The van der Waals surface area contributed by atoms with Crippen LogP contribution >= 0.6 is 0 Å². The second-order valence-electron chi connectivity index (χ2n) is 5.22. The van der Waals surface area contributed by atoms with Gasteiger partial charge in [0, 0.05) is 11.8 Å². The smallest absolute Gasteiger partial charge is 0.267 e. The molecule has 25 heavy (non-hydrogen) atoms. The fraction of sp³-hybridized carbons (Fsp3) is 0. The zero-order valence-electron chi connectivity index (χ0n) is 12.7. The van der Waals surface area contributed by atoms with Crippen molar-refractivity contribution in [1.82, 2.24) is 19.6 Å². The predicted molar refractivity (Wildman–Crippen MR) is 89.4 cm³/mol. The molecule has 1 aromatic carbocycles. The molecule has 0 aliphatic carbocycles. The number of pyridine rings is 1. The standard InChI is InChI=1S/C18H8N6O/c19-9-13-15(11-5-2-1-3-6-11)14(10-20)23-24-16-12(7-4-8-21-16)18(25)22-17(13)24/h1-8H. The molecule has 0 radical (unpaired) electrons. The van der Waals surface area contributed by atoms with E-state index >= 15 is 0 Å². The van der Waals surface area contributed by atoms with Crippen molar-refractivity contribution in [3.8, 4) is 23.3 Å². The summed E-state index contributed by atoms with van der Waals surface area (Å²) in [5.41, 5.74) is 1.02. The molecule has 116 valence electrons. The highest BCUT2D eigenvalue weighted by Crippen LogP contribution is 2.28. The van der Waals surface area contributed by atoms with Crippen LogP contribution in [0.3, 0.4) is 0 Å². The molecule has 0 unspecified atom stereocenters. The molecule has 0 atom stereocenters. The SMILES string of the molecule is N#Cc1nn2c(nc(=O)c3cccnc32)c(C#N)c1-c1ccccc1. The lowest BCUT2D eigenvalue weighted by Gasteiger charge is -2.11. The van der Waals surface area contributed by atoms with Crippen molar-refractivity contribution in [2.75, 3.05) is 0 Å². The first-order valence-corrected chi connectivity index (χ1v) is 7.32. The van der Waals surface area contributed by atoms with Gasteiger partial charge in [-0.1, -0.05) is 30.3 Å². The molecule has 3 heterocycles. The van der Waals surface area contributed by atoms with Crippen molar-refractivity contribution < 1.29 is 0 Å². The molecule has 0 amide bonds. The lowest BCUT2D eigenvalue weighted by Crippen LogP contribution is -2.16. The number of nitriles is 2. The second-order valence-corrected chi connectivity index (χ2v) is 5.22. The second kappa shape index (κ2) is 5.52. The van der Waals surface area contributed by atoms with Crippen LogP contribution in [-0.4, -0.2) is 19.6 Å². The summed E-state index contributed by atoms with van der Waals surface area (Å²) in [6.45, 7) is 0. The Kier molecular flexibility index (Phi) is 3.20. The number of nitrogens with zero attached hydrogens (tertiary/aromatic N) is 6. The Balaban J connectivity index is 2.27. The molecule has 3 aromatic heterocycles. The summed E-state index contributed by atoms with van der Waals surface area (Å²) in [6.07, 6.45) is 1.51. The average Bonchev–Trinajstić information content (AvgIpc) is 2.67. The summed E-state index contributed by atoms with van der Waals surface area (Å²) in [4.78, 5) is 20.5. The van der Waals surface area contributed by atoms with Gasteiger partial charge >= 0.3 is 0 Å². The summed E-state index contributed by atoms with van der Waals surface area (Å²) in [6, 6.07) is 16.2. The van der Waals surface area contributed by atoms with Gasteiger partial charge < -0.3 is 0 Å². The molecule has 0 saturated carbocycles. The van der Waals surface area contributed by atoms with Gasteiger partial charge in [0.15, 0.2) is 17.0 Å². The highest BCUT2D eigenvalue weighted by molar-refractivity contribution is 5.84. The fourth-order valence-corrected chi connectivity index (χ4v) is 2.74. The van der Waals surface area contributed by atoms with E-state index in [4.69, 9.17) is 0 Å². The fourth-order valence-electron chi connectivity index (χ4n) is 2.74. The lowest BCUT2D eigenvalue weighted by molar-refractivity contribution is 0.905. The summed E-state index contributed by atoms with van der Waals surface area (Å²) in [5, 5.41) is 23.8. The van der Waals surface area contributed by atoms with Crippen LogP contribution < -0.4 is 5.56 Å². The van der Waals surface area contributed by atoms with Gasteiger partial charge in [0.1, 0.15) is 17.7 Å². The van der Waals surface area contributed by atoms with E-state index in [0.717, 1.165) is 0 Å². The maximum atomic E-state index is 12.3. The topological polar surface area (TPSA) is 108 Å². The van der Waals surface area contributed by atoms with E-state index in [-0.39, 0.29) is 27.9 Å². The van der Waals surface area contributed by atoms with Crippen LogP contribution in [-0.2, 0) is 0 Å². The van der Waals surface area contributed by atoms with Gasteiger partial charge in [-0.3, -0.25) is 4.79 Å². The van der Waals surface area contributed by atoms with E-state index in [1.54, 1.807) is 36.4 Å². The van der Waals surface area contributed by atoms with Gasteiger partial charge in [-0.15, -0.1) is 0 Å². The van der Waals surface area contributed by atoms with Gasteiger partial charge in [0.05, 0.1) is 5.39 Å². The monoisotopic (exact) mass is 324 g/mol. The number of benzene rings is 1. The first-order valence-electron chi connectivity index (χ1n) is 7.32. The molecule has 0 N–H and O–H groups in total. The van der Waals surface area contributed by atoms with Crippen molar-refractivity contribution in [2.45, 2.75) is 0 Å². The van der Waals surface area contributed by atoms with E-state index < -0.39 is 5.56 Å². The summed E-state index contributed by atoms with van der Waals surface area (Å²) < 4.78 is 1.28. The molecule has 0 saturated heterocycles. The minimum Gasteiger partial charge on any atom is -0.267 e. The summed E-state index contributed by atoms with van der Waals surface area (Å²) >= 11 is 0. The third kappa shape index (κ3) is 2.12. The molecule has 0 spiro atoms. The first-order chi connectivity index (χ1) is 12.2. The molecule has 0 bridgehead atoms. The molecule has 0 aliphatic rings. The third-order valence-corrected chi connectivity index (χ3v) is 3.82. The van der Waals surface area contributed by atoms with Crippen LogP contribution in [0, 0.1) is 22.7 Å². The first kappa shape index (κ1) is 14.5. The lowest BCUT2D eigenvalue weighted by atomic mass is 10.00. The Morgan fingerprint density at radius 3 is 2.48 bits per heavy atom. The van der Waals surface area contributed by atoms with Gasteiger partial charge in [-0.25, -0.2) is 4.98 Å². The molecule has 7 heteroatoms. The number of rotatable bonds is 1. The van der Waals surface area contributed by atoms with E-state index in [1.165, 1.54) is 10.7 Å². The van der Waals surface area contributed by atoms with Crippen molar-refractivity contribution >= 4 is 16.7 Å². The van der Waals surface area contributed by atoms with E-state index in [1.807, 2.05) is 12.1 Å². The summed E-state index contributed by atoms with van der Waals surface area (Å²) in [7, 11) is 0. The quantitative estimate of drug-likeness (QED) is 0.496. The largest absolute Gasteiger partial charge is 0.282 e. The zero-order valence-corrected chi connectivity index (χ0v) is 12.7. The van der Waals surface area contributed by atoms with Crippen LogP contribution in [0.5, 0.6) is 0 Å². The van der Waals surface area contributed by atoms with Gasteiger partial charge in [0.2, 0.25) is 0 Å². The molecule has 4 aromatic rings.